The zero-order valence-electron chi connectivity index (χ0n) is 14.9. The Bertz CT molecular complexity index is 570. The van der Waals surface area contributed by atoms with Crippen molar-refractivity contribution in [2.75, 3.05) is 40.4 Å². The van der Waals surface area contributed by atoms with Gasteiger partial charge in [-0.05, 0) is 53.0 Å². The normalized spacial score (nSPS) is 21.4. The average molecular weight is 446 g/mol. The second-order valence-corrected chi connectivity index (χ2v) is 7.81. The van der Waals surface area contributed by atoms with Crippen molar-refractivity contribution >= 4 is 28.5 Å². The van der Waals surface area contributed by atoms with Crippen LogP contribution in [-0.2, 0) is 0 Å². The standard InChI is InChI=1S/C18H27IN2O3/c1-12-7-13(2)11-21(10-12)6-5-20-18(22)14-8-16(23-3)17(24-4)9-15(14)19/h8-9,12-13H,5-7,10-11H2,1-4H3,(H,20,22). The van der Waals surface area contributed by atoms with E-state index in [0.29, 0.717) is 23.6 Å². The largest absolute Gasteiger partial charge is 0.493 e. The lowest BCUT2D eigenvalue weighted by molar-refractivity contribution is 0.0935. The first-order valence-electron chi connectivity index (χ1n) is 8.36. The van der Waals surface area contributed by atoms with Crippen LogP contribution in [0.25, 0.3) is 0 Å². The molecule has 6 heteroatoms. The van der Waals surface area contributed by atoms with E-state index in [-0.39, 0.29) is 5.91 Å². The summed E-state index contributed by atoms with van der Waals surface area (Å²) in [4.78, 5) is 14.9. The monoisotopic (exact) mass is 446 g/mol. The van der Waals surface area contributed by atoms with Crippen molar-refractivity contribution in [2.45, 2.75) is 20.3 Å². The van der Waals surface area contributed by atoms with Crippen molar-refractivity contribution in [2.24, 2.45) is 11.8 Å². The predicted molar refractivity (Wildman–Crippen MR) is 104 cm³/mol. The van der Waals surface area contributed by atoms with Gasteiger partial charge in [0.25, 0.3) is 5.91 Å². The maximum absolute atomic E-state index is 12.5. The van der Waals surface area contributed by atoms with Crippen LogP contribution in [0.3, 0.4) is 0 Å². The summed E-state index contributed by atoms with van der Waals surface area (Å²) in [7, 11) is 3.17. The summed E-state index contributed by atoms with van der Waals surface area (Å²) in [6.07, 6.45) is 1.30. The molecule has 1 aromatic carbocycles. The van der Waals surface area contributed by atoms with E-state index in [1.807, 2.05) is 6.07 Å². The molecule has 24 heavy (non-hydrogen) atoms. The van der Waals surface area contributed by atoms with Crippen molar-refractivity contribution in [1.82, 2.24) is 10.2 Å². The van der Waals surface area contributed by atoms with Gasteiger partial charge in [0.05, 0.1) is 19.8 Å². The Kier molecular flexibility index (Phi) is 7.16. The van der Waals surface area contributed by atoms with E-state index >= 15 is 0 Å². The number of hydrogen-bond acceptors (Lipinski definition) is 4. The first-order chi connectivity index (χ1) is 11.4. The number of nitrogens with zero attached hydrogens (tertiary/aromatic N) is 1. The minimum Gasteiger partial charge on any atom is -0.493 e. The molecule has 0 bridgehead atoms. The highest BCUT2D eigenvalue weighted by atomic mass is 127. The molecule has 0 aromatic heterocycles. The third-order valence-corrected chi connectivity index (χ3v) is 5.27. The van der Waals surface area contributed by atoms with Gasteiger partial charge in [-0.2, -0.15) is 0 Å². The van der Waals surface area contributed by atoms with Gasteiger partial charge in [-0.3, -0.25) is 4.79 Å². The SMILES string of the molecule is COc1cc(I)c(C(=O)NCCN2CC(C)CC(C)C2)cc1OC. The van der Waals surface area contributed by atoms with E-state index in [1.165, 1.54) is 6.42 Å². The molecule has 0 saturated carbocycles. The molecule has 1 N–H and O–H groups in total. The molecular formula is C18H27IN2O3. The Hall–Kier alpha value is -1.02. The number of halogens is 1. The highest BCUT2D eigenvalue weighted by Gasteiger charge is 2.21. The van der Waals surface area contributed by atoms with Crippen LogP contribution in [0, 0.1) is 15.4 Å². The quantitative estimate of drug-likeness (QED) is 0.683. The maximum Gasteiger partial charge on any atom is 0.252 e. The van der Waals surface area contributed by atoms with Crippen molar-refractivity contribution in [3.05, 3.63) is 21.3 Å². The zero-order chi connectivity index (χ0) is 17.7. The number of nitrogens with one attached hydrogen (secondary N) is 1. The van der Waals surface area contributed by atoms with Crippen molar-refractivity contribution in [3.63, 3.8) is 0 Å². The average Bonchev–Trinajstić information content (AvgIpc) is 2.53. The lowest BCUT2D eigenvalue weighted by Crippen LogP contribution is -2.42. The van der Waals surface area contributed by atoms with Gasteiger partial charge < -0.3 is 19.7 Å². The van der Waals surface area contributed by atoms with Crippen LogP contribution in [0.1, 0.15) is 30.6 Å². The molecule has 1 aliphatic heterocycles. The molecule has 1 amide bonds. The Balaban J connectivity index is 1.93. The third kappa shape index (κ3) is 4.99. The first kappa shape index (κ1) is 19.3. The van der Waals surface area contributed by atoms with Gasteiger partial charge in [-0.15, -0.1) is 0 Å². The fourth-order valence-corrected chi connectivity index (χ4v) is 4.11. The van der Waals surface area contributed by atoms with E-state index in [0.717, 1.165) is 35.0 Å². The molecule has 1 aliphatic rings. The molecule has 1 saturated heterocycles. The number of rotatable bonds is 6. The second kappa shape index (κ2) is 8.89. The fraction of sp³-hybridized carbons (Fsp3) is 0.611. The lowest BCUT2D eigenvalue weighted by Gasteiger charge is -2.34. The van der Waals surface area contributed by atoms with Gasteiger partial charge >= 0.3 is 0 Å². The highest BCUT2D eigenvalue weighted by Crippen LogP contribution is 2.31. The Labute approximate surface area is 158 Å². The summed E-state index contributed by atoms with van der Waals surface area (Å²) in [5.74, 6) is 2.60. The van der Waals surface area contributed by atoms with Gasteiger partial charge in [0, 0.05) is 29.7 Å². The van der Waals surface area contributed by atoms with Crippen LogP contribution in [-0.4, -0.2) is 51.2 Å². The van der Waals surface area contributed by atoms with E-state index in [1.54, 1.807) is 20.3 Å². The molecular weight excluding hydrogens is 419 g/mol. The highest BCUT2D eigenvalue weighted by molar-refractivity contribution is 14.1. The summed E-state index contributed by atoms with van der Waals surface area (Å²) < 4.78 is 11.4. The van der Waals surface area contributed by atoms with Gasteiger partial charge in [0.15, 0.2) is 11.5 Å². The van der Waals surface area contributed by atoms with Crippen LogP contribution in [0.4, 0.5) is 0 Å². The molecule has 0 spiro atoms. The predicted octanol–water partition coefficient (Wildman–Crippen LogP) is 3.02. The maximum atomic E-state index is 12.5. The van der Waals surface area contributed by atoms with E-state index in [9.17, 15) is 4.79 Å². The van der Waals surface area contributed by atoms with Gasteiger partial charge in [0.1, 0.15) is 0 Å². The molecule has 1 fully saturated rings. The van der Waals surface area contributed by atoms with Gasteiger partial charge in [-0.1, -0.05) is 13.8 Å². The van der Waals surface area contributed by atoms with Crippen LogP contribution >= 0.6 is 22.6 Å². The van der Waals surface area contributed by atoms with E-state index in [4.69, 9.17) is 9.47 Å². The first-order valence-corrected chi connectivity index (χ1v) is 9.44. The van der Waals surface area contributed by atoms with Crippen molar-refractivity contribution in [3.8, 4) is 11.5 Å². The summed E-state index contributed by atoms with van der Waals surface area (Å²) in [5.41, 5.74) is 0.619. The minimum absolute atomic E-state index is 0.0709. The minimum atomic E-state index is -0.0709. The molecule has 0 radical (unpaired) electrons. The summed E-state index contributed by atoms with van der Waals surface area (Å²) in [5, 5.41) is 3.02. The third-order valence-electron chi connectivity index (χ3n) is 4.38. The number of piperidine rings is 1. The number of carbonyl (C=O) groups is 1. The molecule has 2 rings (SSSR count). The smallest absolute Gasteiger partial charge is 0.252 e. The summed E-state index contributed by atoms with van der Waals surface area (Å²) in [6, 6.07) is 3.56. The second-order valence-electron chi connectivity index (χ2n) is 6.65. The Morgan fingerprint density at radius 1 is 1.21 bits per heavy atom. The van der Waals surface area contributed by atoms with Crippen molar-refractivity contribution < 1.29 is 14.3 Å². The number of carbonyl (C=O) groups excluding carboxylic acids is 1. The lowest BCUT2D eigenvalue weighted by atomic mass is 9.92. The molecule has 5 nitrogen and oxygen atoms in total. The summed E-state index contributed by atoms with van der Waals surface area (Å²) in [6.45, 7) is 8.38. The summed E-state index contributed by atoms with van der Waals surface area (Å²) >= 11 is 2.15. The number of amides is 1. The Morgan fingerprint density at radius 3 is 2.38 bits per heavy atom. The number of hydrogen-bond donors (Lipinski definition) is 1. The van der Waals surface area contributed by atoms with E-state index < -0.39 is 0 Å². The van der Waals surface area contributed by atoms with Gasteiger partial charge in [0.2, 0.25) is 0 Å². The number of likely N-dealkylation sites (tertiary alicyclic amines) is 1. The molecule has 0 aliphatic carbocycles. The molecule has 2 atom stereocenters. The zero-order valence-corrected chi connectivity index (χ0v) is 17.1. The van der Waals surface area contributed by atoms with Crippen molar-refractivity contribution in [1.29, 1.82) is 0 Å². The number of methoxy groups -OCH3 is 2. The van der Waals surface area contributed by atoms with Crippen LogP contribution in [0.5, 0.6) is 11.5 Å². The Morgan fingerprint density at radius 2 is 1.79 bits per heavy atom. The topological polar surface area (TPSA) is 50.8 Å². The molecule has 1 heterocycles. The van der Waals surface area contributed by atoms with E-state index in [2.05, 4.69) is 46.7 Å². The van der Waals surface area contributed by atoms with Crippen LogP contribution < -0.4 is 14.8 Å². The van der Waals surface area contributed by atoms with Crippen LogP contribution in [0.2, 0.25) is 0 Å². The fourth-order valence-electron chi connectivity index (χ4n) is 3.43. The van der Waals surface area contributed by atoms with Gasteiger partial charge in [-0.25, -0.2) is 0 Å². The number of ether oxygens (including phenoxy) is 2. The molecule has 1 aromatic rings. The molecule has 134 valence electrons. The molecule has 2 unspecified atom stereocenters. The van der Waals surface area contributed by atoms with Crippen LogP contribution in [0.15, 0.2) is 12.1 Å². The number of benzene rings is 1.